The van der Waals surface area contributed by atoms with E-state index in [9.17, 15) is 0 Å². The van der Waals surface area contributed by atoms with Gasteiger partial charge in [0.2, 0.25) is 0 Å². The number of hydrogen-bond donors (Lipinski definition) is 0. The van der Waals surface area contributed by atoms with Crippen LogP contribution in [0.2, 0.25) is 0 Å². The first-order chi connectivity index (χ1) is 13.0. The summed E-state index contributed by atoms with van der Waals surface area (Å²) in [5.41, 5.74) is 3.64. The molecule has 3 aromatic heterocycles. The van der Waals surface area contributed by atoms with Gasteiger partial charge in [0.15, 0.2) is 0 Å². The summed E-state index contributed by atoms with van der Waals surface area (Å²) in [6, 6.07) is 0.668. The molecule has 1 atom stereocenters. The Balaban J connectivity index is 1.61. The fourth-order valence-corrected chi connectivity index (χ4v) is 3.98. The molecule has 7 nitrogen and oxygen atoms in total. The highest BCUT2D eigenvalue weighted by Gasteiger charge is 2.29. The van der Waals surface area contributed by atoms with E-state index in [1.165, 1.54) is 0 Å². The smallest absolute Gasteiger partial charge is 0.143 e. The normalized spacial score (nSPS) is 17.9. The van der Waals surface area contributed by atoms with Crippen LogP contribution in [-0.4, -0.2) is 36.1 Å². The predicted octanol–water partition coefficient (Wildman–Crippen LogP) is 3.86. The van der Waals surface area contributed by atoms with Gasteiger partial charge in [-0.2, -0.15) is 0 Å². The van der Waals surface area contributed by atoms with Gasteiger partial charge in [-0.05, 0) is 47.1 Å². The van der Waals surface area contributed by atoms with Crippen molar-refractivity contribution in [3.05, 3.63) is 47.8 Å². The Hall–Kier alpha value is -2.54. The summed E-state index contributed by atoms with van der Waals surface area (Å²) in [5.74, 6) is 1.88. The molecule has 142 valence electrons. The third kappa shape index (κ3) is 3.39. The zero-order chi connectivity index (χ0) is 19.0. The molecule has 0 unspecified atom stereocenters. The predicted molar refractivity (Wildman–Crippen MR) is 102 cm³/mol. The van der Waals surface area contributed by atoms with Crippen LogP contribution < -0.4 is 0 Å². The molecule has 1 aliphatic rings. The van der Waals surface area contributed by atoms with Crippen LogP contribution in [0.4, 0.5) is 0 Å². The number of likely N-dealkylation sites (tertiary alicyclic amines) is 1. The zero-order valence-corrected chi connectivity index (χ0v) is 16.4. The minimum Gasteiger partial charge on any atom is -0.361 e. The Labute approximate surface area is 159 Å². The molecule has 0 aliphatic carbocycles. The Bertz CT molecular complexity index is 909. The van der Waals surface area contributed by atoms with E-state index in [2.05, 4.69) is 44.6 Å². The second-order valence-corrected chi connectivity index (χ2v) is 7.50. The van der Waals surface area contributed by atoms with E-state index in [1.54, 1.807) is 6.20 Å². The van der Waals surface area contributed by atoms with Gasteiger partial charge in [0.25, 0.3) is 0 Å². The van der Waals surface area contributed by atoms with Gasteiger partial charge in [-0.15, -0.1) is 0 Å². The lowest BCUT2D eigenvalue weighted by molar-refractivity contribution is 0.233. The molecule has 0 radical (unpaired) electrons. The van der Waals surface area contributed by atoms with E-state index < -0.39 is 0 Å². The molecule has 0 spiro atoms. The molecule has 0 aromatic carbocycles. The van der Waals surface area contributed by atoms with E-state index >= 15 is 0 Å². The molecule has 1 fully saturated rings. The lowest BCUT2D eigenvalue weighted by Crippen LogP contribution is -2.25. The second-order valence-electron chi connectivity index (χ2n) is 7.50. The minimum atomic E-state index is 0.259. The summed E-state index contributed by atoms with van der Waals surface area (Å²) in [6.07, 6.45) is 9.87. The maximum absolute atomic E-state index is 5.30. The summed E-state index contributed by atoms with van der Waals surface area (Å²) in [7, 11) is 0. The molecule has 7 heteroatoms. The molecule has 0 saturated carbocycles. The zero-order valence-electron chi connectivity index (χ0n) is 16.4. The van der Waals surface area contributed by atoms with Gasteiger partial charge in [0.05, 0.1) is 47.6 Å². The van der Waals surface area contributed by atoms with Crippen LogP contribution in [0.5, 0.6) is 0 Å². The van der Waals surface area contributed by atoms with Crippen molar-refractivity contribution in [1.82, 2.24) is 29.6 Å². The van der Waals surface area contributed by atoms with Crippen molar-refractivity contribution < 1.29 is 4.52 Å². The first-order valence-electron chi connectivity index (χ1n) is 9.55. The van der Waals surface area contributed by atoms with Gasteiger partial charge >= 0.3 is 0 Å². The van der Waals surface area contributed by atoms with Crippen molar-refractivity contribution in [3.63, 3.8) is 0 Å². The quantitative estimate of drug-likeness (QED) is 0.683. The molecule has 3 aromatic rings. The molecule has 1 saturated heterocycles. The largest absolute Gasteiger partial charge is 0.361 e. The highest BCUT2D eigenvalue weighted by Crippen LogP contribution is 2.33. The molecule has 0 N–H and O–H groups in total. The summed E-state index contributed by atoms with van der Waals surface area (Å²) >= 11 is 0. The fourth-order valence-electron chi connectivity index (χ4n) is 3.98. The van der Waals surface area contributed by atoms with E-state index in [1.807, 2.05) is 26.2 Å². The van der Waals surface area contributed by atoms with Crippen LogP contribution in [-0.2, 0) is 6.54 Å². The van der Waals surface area contributed by atoms with Gasteiger partial charge in [-0.25, -0.2) is 9.97 Å². The highest BCUT2D eigenvalue weighted by atomic mass is 16.5. The van der Waals surface area contributed by atoms with Gasteiger partial charge in [-0.3, -0.25) is 9.88 Å². The summed E-state index contributed by atoms with van der Waals surface area (Å²) < 4.78 is 7.54. The fraction of sp³-hybridized carbons (Fsp3) is 0.500. The first-order valence-corrected chi connectivity index (χ1v) is 9.55. The van der Waals surface area contributed by atoms with Gasteiger partial charge in [-0.1, -0.05) is 5.16 Å². The number of nitrogens with zero attached hydrogens (tertiary/aromatic N) is 6. The Morgan fingerprint density at radius 3 is 2.85 bits per heavy atom. The van der Waals surface area contributed by atoms with Crippen LogP contribution in [0.3, 0.4) is 0 Å². The lowest BCUT2D eigenvalue weighted by Gasteiger charge is -2.24. The average molecular weight is 366 g/mol. The SMILES string of the molecule is Cc1noc(C)c1-c1cncc([C@@H]2CCCN2Cc2nccn2C(C)C)n1. The van der Waals surface area contributed by atoms with Gasteiger partial charge in [0.1, 0.15) is 11.6 Å². The van der Waals surface area contributed by atoms with Crippen LogP contribution in [0.1, 0.15) is 61.7 Å². The van der Waals surface area contributed by atoms with Crippen molar-refractivity contribution in [3.8, 4) is 11.3 Å². The molecule has 1 aliphatic heterocycles. The third-order valence-corrected chi connectivity index (χ3v) is 5.30. The maximum Gasteiger partial charge on any atom is 0.143 e. The topological polar surface area (TPSA) is 72.9 Å². The van der Waals surface area contributed by atoms with Crippen molar-refractivity contribution in [2.45, 2.75) is 59.2 Å². The second kappa shape index (κ2) is 7.23. The van der Waals surface area contributed by atoms with Crippen LogP contribution in [0.15, 0.2) is 29.3 Å². The van der Waals surface area contributed by atoms with Crippen molar-refractivity contribution >= 4 is 0 Å². The molecule has 0 amide bonds. The Morgan fingerprint density at radius 1 is 1.26 bits per heavy atom. The summed E-state index contributed by atoms with van der Waals surface area (Å²) in [6.45, 7) is 10.1. The van der Waals surface area contributed by atoms with E-state index in [0.717, 1.165) is 60.2 Å². The molecular formula is C20H26N6O. The molecule has 27 heavy (non-hydrogen) atoms. The van der Waals surface area contributed by atoms with E-state index in [-0.39, 0.29) is 6.04 Å². The van der Waals surface area contributed by atoms with E-state index in [4.69, 9.17) is 9.51 Å². The number of imidazole rings is 1. The number of aryl methyl sites for hydroxylation is 2. The van der Waals surface area contributed by atoms with Crippen LogP contribution >= 0.6 is 0 Å². The molecule has 0 bridgehead atoms. The van der Waals surface area contributed by atoms with Gasteiger partial charge in [0, 0.05) is 18.4 Å². The van der Waals surface area contributed by atoms with Crippen LogP contribution in [0.25, 0.3) is 11.3 Å². The molecule has 4 rings (SSSR count). The minimum absolute atomic E-state index is 0.259. The lowest BCUT2D eigenvalue weighted by atomic mass is 10.1. The first kappa shape index (κ1) is 17.9. The number of aromatic nitrogens is 5. The third-order valence-electron chi connectivity index (χ3n) is 5.30. The monoisotopic (exact) mass is 366 g/mol. The van der Waals surface area contributed by atoms with Crippen molar-refractivity contribution in [1.29, 1.82) is 0 Å². The summed E-state index contributed by atoms with van der Waals surface area (Å²) in [5, 5.41) is 4.05. The standard InChI is InChI=1S/C20H26N6O/c1-13(2)26-9-7-22-19(26)12-25-8-5-6-18(25)16-10-21-11-17(23-16)20-14(3)24-27-15(20)4/h7,9-11,13,18H,5-6,8,12H2,1-4H3/t18-/m0/s1. The average Bonchev–Trinajstić information content (AvgIpc) is 3.36. The summed E-state index contributed by atoms with van der Waals surface area (Å²) in [4.78, 5) is 16.4. The van der Waals surface area contributed by atoms with Gasteiger partial charge < -0.3 is 9.09 Å². The maximum atomic E-state index is 5.30. The van der Waals surface area contributed by atoms with Crippen LogP contribution in [0, 0.1) is 13.8 Å². The Morgan fingerprint density at radius 2 is 2.11 bits per heavy atom. The highest BCUT2D eigenvalue weighted by molar-refractivity contribution is 5.62. The number of rotatable bonds is 5. The van der Waals surface area contributed by atoms with Crippen molar-refractivity contribution in [2.24, 2.45) is 0 Å². The number of hydrogen-bond acceptors (Lipinski definition) is 6. The molecule has 4 heterocycles. The van der Waals surface area contributed by atoms with Crippen molar-refractivity contribution in [2.75, 3.05) is 6.54 Å². The van der Waals surface area contributed by atoms with E-state index in [0.29, 0.717) is 6.04 Å². The molecular weight excluding hydrogens is 340 g/mol. The Kier molecular flexibility index (Phi) is 4.78.